The number of nitrogens with one attached hydrogen (secondary N) is 1. The van der Waals surface area contributed by atoms with Crippen LogP contribution in [0, 0.1) is 0 Å². The molecule has 1 fully saturated rings. The summed E-state index contributed by atoms with van der Waals surface area (Å²) in [5.74, 6) is 0.744. The minimum absolute atomic E-state index is 0.0490. The zero-order chi connectivity index (χ0) is 14.4. The summed E-state index contributed by atoms with van der Waals surface area (Å²) in [6.45, 7) is 8.48. The second-order valence-corrected chi connectivity index (χ2v) is 5.18. The first-order valence-corrected chi connectivity index (χ1v) is 7.40. The summed E-state index contributed by atoms with van der Waals surface area (Å²) >= 11 is 0. The number of nitrogens with zero attached hydrogens (tertiary/aromatic N) is 1. The minimum Gasteiger partial charge on any atom is -0.491 e. The van der Waals surface area contributed by atoms with E-state index in [4.69, 9.17) is 4.74 Å². The van der Waals surface area contributed by atoms with Gasteiger partial charge in [-0.3, -0.25) is 9.69 Å². The van der Waals surface area contributed by atoms with Crippen molar-refractivity contribution in [1.29, 1.82) is 0 Å². The van der Waals surface area contributed by atoms with Gasteiger partial charge in [0.15, 0.2) is 5.78 Å². The van der Waals surface area contributed by atoms with Crippen molar-refractivity contribution in [3.05, 3.63) is 29.8 Å². The van der Waals surface area contributed by atoms with E-state index in [0.717, 1.165) is 26.2 Å². The van der Waals surface area contributed by atoms with Crippen LogP contribution in [-0.4, -0.2) is 49.5 Å². The molecule has 0 saturated carbocycles. The number of para-hydroxylation sites is 1. The Kier molecular flexibility index (Phi) is 5.56. The zero-order valence-electron chi connectivity index (χ0n) is 12.4. The number of ether oxygens (including phenoxy) is 1. The van der Waals surface area contributed by atoms with E-state index in [9.17, 15) is 4.79 Å². The first kappa shape index (κ1) is 15.0. The number of benzene rings is 1. The van der Waals surface area contributed by atoms with Gasteiger partial charge in [0, 0.05) is 19.1 Å². The summed E-state index contributed by atoms with van der Waals surface area (Å²) in [5, 5.41) is 3.39. The van der Waals surface area contributed by atoms with Gasteiger partial charge in [-0.25, -0.2) is 0 Å². The lowest BCUT2D eigenvalue weighted by Gasteiger charge is -2.26. The Hall–Kier alpha value is -1.39. The number of hydrogen-bond acceptors (Lipinski definition) is 4. The normalized spacial score (nSPS) is 18.4. The summed E-state index contributed by atoms with van der Waals surface area (Å²) in [6.07, 6.45) is 1.21. The van der Waals surface area contributed by atoms with Gasteiger partial charge in [-0.05, 0) is 38.6 Å². The Morgan fingerprint density at radius 1 is 1.45 bits per heavy atom. The highest BCUT2D eigenvalue weighted by molar-refractivity contribution is 5.96. The molecular formula is C16H24N2O2. The standard InChI is InChI=1S/C16H24N2O2/c1-3-18(14-8-9-17-12-14)10-11-20-16-7-5-4-6-15(16)13(2)19/h4-7,14,17H,3,8-12H2,1-2H3. The molecule has 0 aromatic heterocycles. The van der Waals surface area contributed by atoms with Gasteiger partial charge in [-0.1, -0.05) is 19.1 Å². The molecule has 1 aromatic carbocycles. The molecule has 1 N–H and O–H groups in total. The molecule has 1 saturated heterocycles. The number of hydrogen-bond donors (Lipinski definition) is 1. The first-order chi connectivity index (χ1) is 9.72. The van der Waals surface area contributed by atoms with Gasteiger partial charge < -0.3 is 10.1 Å². The summed E-state index contributed by atoms with van der Waals surface area (Å²) < 4.78 is 5.81. The van der Waals surface area contributed by atoms with Crippen LogP contribution < -0.4 is 10.1 Å². The average molecular weight is 276 g/mol. The van der Waals surface area contributed by atoms with E-state index in [1.54, 1.807) is 6.92 Å². The van der Waals surface area contributed by atoms with Crippen molar-refractivity contribution in [2.24, 2.45) is 0 Å². The highest BCUT2D eigenvalue weighted by Gasteiger charge is 2.20. The fraction of sp³-hybridized carbons (Fsp3) is 0.562. The molecule has 20 heavy (non-hydrogen) atoms. The van der Waals surface area contributed by atoms with Gasteiger partial charge in [-0.15, -0.1) is 0 Å². The van der Waals surface area contributed by atoms with Gasteiger partial charge in [0.25, 0.3) is 0 Å². The predicted molar refractivity (Wildman–Crippen MR) is 80.5 cm³/mol. The fourth-order valence-corrected chi connectivity index (χ4v) is 2.71. The van der Waals surface area contributed by atoms with E-state index in [2.05, 4.69) is 17.1 Å². The van der Waals surface area contributed by atoms with E-state index in [1.165, 1.54) is 6.42 Å². The van der Waals surface area contributed by atoms with Crippen LogP contribution in [0.1, 0.15) is 30.6 Å². The van der Waals surface area contributed by atoms with Crippen molar-refractivity contribution in [1.82, 2.24) is 10.2 Å². The van der Waals surface area contributed by atoms with Gasteiger partial charge in [0.2, 0.25) is 0 Å². The van der Waals surface area contributed by atoms with Crippen LogP contribution in [0.2, 0.25) is 0 Å². The van der Waals surface area contributed by atoms with Crippen LogP contribution in [0.4, 0.5) is 0 Å². The minimum atomic E-state index is 0.0490. The number of likely N-dealkylation sites (N-methyl/N-ethyl adjacent to an activating group) is 1. The molecule has 0 aliphatic carbocycles. The van der Waals surface area contributed by atoms with E-state index in [0.29, 0.717) is 24.0 Å². The Morgan fingerprint density at radius 2 is 2.25 bits per heavy atom. The summed E-state index contributed by atoms with van der Waals surface area (Å²) in [4.78, 5) is 14.0. The fourth-order valence-electron chi connectivity index (χ4n) is 2.71. The van der Waals surface area contributed by atoms with Crippen LogP contribution >= 0.6 is 0 Å². The quantitative estimate of drug-likeness (QED) is 0.773. The largest absolute Gasteiger partial charge is 0.491 e. The summed E-state index contributed by atoms with van der Waals surface area (Å²) in [6, 6.07) is 8.07. The van der Waals surface area contributed by atoms with Crippen LogP contribution in [-0.2, 0) is 0 Å². The third-order valence-corrected chi connectivity index (χ3v) is 3.86. The maximum absolute atomic E-state index is 11.5. The zero-order valence-corrected chi connectivity index (χ0v) is 12.4. The monoisotopic (exact) mass is 276 g/mol. The first-order valence-electron chi connectivity index (χ1n) is 7.40. The molecule has 0 bridgehead atoms. The third-order valence-electron chi connectivity index (χ3n) is 3.86. The number of ketones is 1. The van der Waals surface area contributed by atoms with Crippen molar-refractivity contribution in [3.63, 3.8) is 0 Å². The van der Waals surface area contributed by atoms with E-state index >= 15 is 0 Å². The second-order valence-electron chi connectivity index (χ2n) is 5.18. The number of carbonyl (C=O) groups excluding carboxylic acids is 1. The molecular weight excluding hydrogens is 252 g/mol. The van der Waals surface area contributed by atoms with Crippen LogP contribution in [0.5, 0.6) is 5.75 Å². The van der Waals surface area contributed by atoms with Gasteiger partial charge in [0.05, 0.1) is 5.56 Å². The molecule has 0 radical (unpaired) electrons. The third kappa shape index (κ3) is 3.81. The maximum atomic E-state index is 11.5. The number of carbonyl (C=O) groups is 1. The van der Waals surface area contributed by atoms with Gasteiger partial charge >= 0.3 is 0 Å². The average Bonchev–Trinajstić information content (AvgIpc) is 2.98. The molecule has 4 heteroatoms. The molecule has 1 aliphatic rings. The maximum Gasteiger partial charge on any atom is 0.163 e. The Bertz CT molecular complexity index is 442. The molecule has 0 amide bonds. The highest BCUT2D eigenvalue weighted by atomic mass is 16.5. The lowest BCUT2D eigenvalue weighted by atomic mass is 10.1. The van der Waals surface area contributed by atoms with E-state index < -0.39 is 0 Å². The van der Waals surface area contributed by atoms with Crippen molar-refractivity contribution >= 4 is 5.78 Å². The van der Waals surface area contributed by atoms with Crippen molar-refractivity contribution < 1.29 is 9.53 Å². The van der Waals surface area contributed by atoms with Gasteiger partial charge in [-0.2, -0.15) is 0 Å². The second kappa shape index (κ2) is 7.41. The highest BCUT2D eigenvalue weighted by Crippen LogP contribution is 2.18. The van der Waals surface area contributed by atoms with Crippen molar-refractivity contribution in [3.8, 4) is 5.75 Å². The molecule has 4 nitrogen and oxygen atoms in total. The molecule has 1 atom stereocenters. The Labute approximate surface area is 121 Å². The molecule has 1 aromatic rings. The van der Waals surface area contributed by atoms with Crippen molar-refractivity contribution in [2.45, 2.75) is 26.3 Å². The van der Waals surface area contributed by atoms with Crippen LogP contribution in [0.25, 0.3) is 0 Å². The Balaban J connectivity index is 1.87. The lowest BCUT2D eigenvalue weighted by Crippen LogP contribution is -2.39. The number of rotatable bonds is 7. The predicted octanol–water partition coefficient (Wildman–Crippen LogP) is 1.95. The van der Waals surface area contributed by atoms with Crippen LogP contribution in [0.15, 0.2) is 24.3 Å². The Morgan fingerprint density at radius 3 is 2.90 bits per heavy atom. The lowest BCUT2D eigenvalue weighted by molar-refractivity contribution is 0.101. The van der Waals surface area contributed by atoms with E-state index in [-0.39, 0.29) is 5.78 Å². The SMILES string of the molecule is CCN(CCOc1ccccc1C(C)=O)C1CCNC1. The molecule has 0 spiro atoms. The summed E-state index contributed by atoms with van der Waals surface area (Å²) in [7, 11) is 0. The molecule has 110 valence electrons. The molecule has 1 heterocycles. The van der Waals surface area contributed by atoms with Gasteiger partial charge in [0.1, 0.15) is 12.4 Å². The van der Waals surface area contributed by atoms with E-state index in [1.807, 2.05) is 24.3 Å². The molecule has 2 rings (SSSR count). The number of Topliss-reactive ketones (excluding diaryl/α,β-unsaturated/α-hetero) is 1. The van der Waals surface area contributed by atoms with Crippen molar-refractivity contribution in [2.75, 3.05) is 32.8 Å². The summed E-state index contributed by atoms with van der Waals surface area (Å²) in [5.41, 5.74) is 0.665. The van der Waals surface area contributed by atoms with Crippen LogP contribution in [0.3, 0.4) is 0 Å². The topological polar surface area (TPSA) is 41.6 Å². The molecule has 1 unspecified atom stereocenters. The smallest absolute Gasteiger partial charge is 0.163 e. The molecule has 1 aliphatic heterocycles.